The van der Waals surface area contributed by atoms with Crippen molar-refractivity contribution in [2.24, 2.45) is 0 Å². The summed E-state index contributed by atoms with van der Waals surface area (Å²) in [5.74, 6) is 0. The maximum Gasteiger partial charge on any atom is 0.0726 e. The molecule has 0 N–H and O–H groups in total. The van der Waals surface area contributed by atoms with Crippen molar-refractivity contribution >= 4 is 48.6 Å². The molecule has 0 saturated heterocycles. The summed E-state index contributed by atoms with van der Waals surface area (Å²) in [4.78, 5) is 2.55. The summed E-state index contributed by atoms with van der Waals surface area (Å²) in [5, 5.41) is 2.72. The van der Waals surface area contributed by atoms with Gasteiger partial charge in [0.15, 0.2) is 0 Å². The molecule has 0 amide bonds. The van der Waals surface area contributed by atoms with Gasteiger partial charge in [0.2, 0.25) is 0 Å². The Labute approximate surface area is 372 Å². The van der Waals surface area contributed by atoms with Gasteiger partial charge in [0, 0.05) is 48.1 Å². The van der Waals surface area contributed by atoms with Crippen LogP contribution in [-0.4, -0.2) is 0 Å². The van der Waals surface area contributed by atoms with Gasteiger partial charge in [-0.3, -0.25) is 0 Å². The lowest BCUT2D eigenvalue weighted by molar-refractivity contribution is 0.660. The molecule has 14 rings (SSSR count). The van der Waals surface area contributed by atoms with Crippen LogP contribution in [0.25, 0.3) is 64.7 Å². The van der Waals surface area contributed by atoms with Crippen LogP contribution in [0.1, 0.15) is 72.2 Å². The lowest BCUT2D eigenvalue weighted by Gasteiger charge is -2.33. The Morgan fingerprint density at radius 2 is 0.762 bits per heavy atom. The average molecular weight is 822 g/mol. The predicted octanol–water partition coefficient (Wildman–Crippen LogP) is 16.5. The van der Waals surface area contributed by atoms with Crippen LogP contribution in [0.3, 0.4) is 0 Å². The van der Waals surface area contributed by atoms with Crippen molar-refractivity contribution in [1.82, 2.24) is 0 Å². The predicted molar refractivity (Wildman–Crippen MR) is 265 cm³/mol. The number of hydrogen-bond donors (Lipinski definition) is 0. The third kappa shape index (κ3) is 4.37. The molecule has 2 heteroatoms. The van der Waals surface area contributed by atoms with E-state index in [9.17, 15) is 0 Å². The number of nitrogens with zero attached hydrogens (tertiary/aromatic N) is 1. The van der Waals surface area contributed by atoms with Crippen molar-refractivity contribution in [2.75, 3.05) is 4.90 Å². The molecule has 4 aliphatic rings. The fourth-order valence-electron chi connectivity index (χ4n) is 12.7. The third-order valence-corrected chi connectivity index (χ3v) is 16.6. The normalized spacial score (nSPS) is 17.2. The topological polar surface area (TPSA) is 3.24 Å². The van der Waals surface area contributed by atoms with E-state index >= 15 is 0 Å². The van der Waals surface area contributed by atoms with Gasteiger partial charge in [0.1, 0.15) is 0 Å². The zero-order chi connectivity index (χ0) is 42.0. The molecule has 10 aromatic rings. The van der Waals surface area contributed by atoms with Crippen molar-refractivity contribution < 1.29 is 0 Å². The first-order valence-corrected chi connectivity index (χ1v) is 23.2. The van der Waals surface area contributed by atoms with E-state index in [2.05, 4.69) is 221 Å². The van der Waals surface area contributed by atoms with Crippen LogP contribution in [0.5, 0.6) is 0 Å². The van der Waals surface area contributed by atoms with Crippen LogP contribution < -0.4 is 4.90 Å². The SMILES string of the molecule is CC1(C)c2ccccc2-c2ccc(N(c3ccc4c(c3)C(C)(C)c3ccccc3-4)c3ccc4c(c3)C3(c5ccccc5-4)c4ccccc4-c4c3ccc3sc5ccccc5c43)cc21. The molecular weight excluding hydrogens is 779 g/mol. The quantitative estimate of drug-likeness (QED) is 0.172. The summed E-state index contributed by atoms with van der Waals surface area (Å²) < 4.78 is 2.68. The Morgan fingerprint density at radius 1 is 0.333 bits per heavy atom. The van der Waals surface area contributed by atoms with E-state index in [1.165, 1.54) is 121 Å². The van der Waals surface area contributed by atoms with E-state index in [1.54, 1.807) is 0 Å². The van der Waals surface area contributed by atoms with Gasteiger partial charge in [-0.1, -0.05) is 167 Å². The van der Waals surface area contributed by atoms with Crippen LogP contribution in [0.4, 0.5) is 17.1 Å². The van der Waals surface area contributed by atoms with Crippen LogP contribution >= 0.6 is 11.3 Å². The Morgan fingerprint density at radius 3 is 1.35 bits per heavy atom. The first-order valence-electron chi connectivity index (χ1n) is 22.3. The van der Waals surface area contributed by atoms with E-state index in [1.807, 2.05) is 11.3 Å². The van der Waals surface area contributed by atoms with Gasteiger partial charge in [0.25, 0.3) is 0 Å². The highest BCUT2D eigenvalue weighted by atomic mass is 32.1. The Bertz CT molecular complexity index is 3550. The third-order valence-electron chi connectivity index (χ3n) is 15.5. The van der Waals surface area contributed by atoms with E-state index in [-0.39, 0.29) is 10.8 Å². The molecule has 1 spiro atoms. The average Bonchev–Trinajstić information content (AvgIpc) is 4.05. The minimum absolute atomic E-state index is 0.132. The summed E-state index contributed by atoms with van der Waals surface area (Å²) >= 11 is 1.91. The zero-order valence-corrected chi connectivity index (χ0v) is 36.6. The van der Waals surface area contributed by atoms with Crippen LogP contribution in [-0.2, 0) is 16.2 Å². The molecule has 1 heterocycles. The minimum Gasteiger partial charge on any atom is -0.310 e. The lowest BCUT2D eigenvalue weighted by atomic mass is 9.70. The fraction of sp³-hybridized carbons (Fsp3) is 0.115. The van der Waals surface area contributed by atoms with Crippen molar-refractivity contribution in [1.29, 1.82) is 0 Å². The van der Waals surface area contributed by atoms with Crippen molar-refractivity contribution in [3.63, 3.8) is 0 Å². The largest absolute Gasteiger partial charge is 0.310 e. The highest BCUT2D eigenvalue weighted by Gasteiger charge is 2.52. The van der Waals surface area contributed by atoms with E-state index < -0.39 is 5.41 Å². The second-order valence-electron chi connectivity index (χ2n) is 19.2. The highest BCUT2D eigenvalue weighted by molar-refractivity contribution is 7.26. The molecule has 63 heavy (non-hydrogen) atoms. The second-order valence-corrected chi connectivity index (χ2v) is 20.3. The molecule has 1 nitrogen and oxygen atoms in total. The Balaban J connectivity index is 1.05. The van der Waals surface area contributed by atoms with Gasteiger partial charge in [0.05, 0.1) is 5.41 Å². The summed E-state index contributed by atoms with van der Waals surface area (Å²) in [7, 11) is 0. The maximum absolute atomic E-state index is 2.55. The van der Waals surface area contributed by atoms with Crippen molar-refractivity contribution in [3.8, 4) is 44.5 Å². The molecule has 0 aliphatic heterocycles. The Hall–Kier alpha value is -7.00. The number of anilines is 3. The van der Waals surface area contributed by atoms with Gasteiger partial charge in [-0.2, -0.15) is 0 Å². The summed E-state index contributed by atoms with van der Waals surface area (Å²) in [6, 6.07) is 72.1. The molecule has 1 unspecified atom stereocenters. The molecule has 0 fully saturated rings. The number of thiophene rings is 1. The van der Waals surface area contributed by atoms with E-state index in [0.29, 0.717) is 0 Å². The molecule has 0 radical (unpaired) electrons. The molecule has 9 aromatic carbocycles. The van der Waals surface area contributed by atoms with Gasteiger partial charge >= 0.3 is 0 Å². The zero-order valence-electron chi connectivity index (χ0n) is 35.8. The van der Waals surface area contributed by atoms with Crippen LogP contribution in [0, 0.1) is 0 Å². The van der Waals surface area contributed by atoms with Crippen molar-refractivity contribution in [3.05, 3.63) is 233 Å². The van der Waals surface area contributed by atoms with Gasteiger partial charge in [-0.25, -0.2) is 0 Å². The summed E-state index contributed by atoms with van der Waals surface area (Å²) in [6.45, 7) is 9.56. The molecule has 0 saturated carbocycles. The molecule has 4 aliphatic carbocycles. The monoisotopic (exact) mass is 821 g/mol. The first kappa shape index (κ1) is 35.6. The molecule has 0 bridgehead atoms. The molecule has 298 valence electrons. The van der Waals surface area contributed by atoms with E-state index in [4.69, 9.17) is 0 Å². The smallest absolute Gasteiger partial charge is 0.0726 e. The van der Waals surface area contributed by atoms with Gasteiger partial charge in [-0.05, 0) is 138 Å². The van der Waals surface area contributed by atoms with Gasteiger partial charge in [-0.15, -0.1) is 11.3 Å². The maximum atomic E-state index is 2.55. The first-order chi connectivity index (χ1) is 30.8. The van der Waals surface area contributed by atoms with Crippen LogP contribution in [0.15, 0.2) is 188 Å². The fourth-order valence-corrected chi connectivity index (χ4v) is 13.8. The van der Waals surface area contributed by atoms with Crippen molar-refractivity contribution in [2.45, 2.75) is 43.9 Å². The minimum atomic E-state index is -0.486. The standard InChI is InChI=1S/C61H43NS/c1-59(2)47-20-10-5-15-39(47)42-28-25-36(33-52(42)59)62(37-26-29-43-40-16-6-11-21-48(40)60(3,4)53(43)34-37)38-27-30-44-41-17-7-12-22-49(41)61(54(44)35-38)50-23-13-8-18-45(50)57-51(61)31-32-56-58(57)46-19-9-14-24-55(46)63-56/h5-35H,1-4H3. The summed E-state index contributed by atoms with van der Waals surface area (Å²) in [6.07, 6.45) is 0. The highest BCUT2D eigenvalue weighted by Crippen LogP contribution is 2.65. The van der Waals surface area contributed by atoms with E-state index in [0.717, 1.165) is 5.69 Å². The summed E-state index contributed by atoms with van der Waals surface area (Å²) in [5.41, 5.74) is 24.4. The Kier molecular flexibility index (Phi) is 6.85. The molecule has 1 aromatic heterocycles. The second kappa shape index (κ2) is 12.1. The molecule has 1 atom stereocenters. The molecular formula is C61H43NS. The van der Waals surface area contributed by atoms with Gasteiger partial charge < -0.3 is 4.90 Å². The number of hydrogen-bond acceptors (Lipinski definition) is 2. The van der Waals surface area contributed by atoms with Crippen LogP contribution in [0.2, 0.25) is 0 Å². The number of rotatable bonds is 3. The lowest BCUT2D eigenvalue weighted by Crippen LogP contribution is -2.26. The number of fused-ring (bicyclic) bond motifs is 20. The number of benzene rings is 9.